The average Bonchev–Trinajstić information content (AvgIpc) is 2.09. The first-order valence-corrected chi connectivity index (χ1v) is 4.35. The molecule has 0 heterocycles. The lowest BCUT2D eigenvalue weighted by Gasteiger charge is -2.13. The molecule has 0 amide bonds. The van der Waals surface area contributed by atoms with Gasteiger partial charge in [-0.05, 0) is 30.6 Å². The second kappa shape index (κ2) is 2.77. The summed E-state index contributed by atoms with van der Waals surface area (Å²) in [5.74, 6) is 2.47. The van der Waals surface area contributed by atoms with E-state index in [4.69, 9.17) is 0 Å². The Morgan fingerprint density at radius 2 is 2.10 bits per heavy atom. The lowest BCUT2D eigenvalue weighted by molar-refractivity contribution is 0.441. The third-order valence-corrected chi connectivity index (χ3v) is 2.96. The number of rotatable bonds is 1. The molecular weight excluding hydrogens is 120 g/mol. The molecule has 0 nitrogen and oxygen atoms in total. The van der Waals surface area contributed by atoms with E-state index in [1.165, 1.54) is 18.4 Å². The molecule has 0 aromatic rings. The van der Waals surface area contributed by atoms with Crippen LogP contribution >= 0.6 is 0 Å². The van der Waals surface area contributed by atoms with E-state index in [1.54, 1.807) is 0 Å². The second-order valence-electron chi connectivity index (χ2n) is 3.70. The van der Waals surface area contributed by atoms with Crippen molar-refractivity contribution in [1.82, 2.24) is 0 Å². The molecule has 1 saturated carbocycles. The molecule has 0 unspecified atom stereocenters. The first-order chi connectivity index (χ1) is 4.66. The molecule has 0 aromatic carbocycles. The summed E-state index contributed by atoms with van der Waals surface area (Å²) in [6.45, 7) is 11.1. The molecular formula is C10H18. The van der Waals surface area contributed by atoms with Gasteiger partial charge in [0.1, 0.15) is 0 Å². The van der Waals surface area contributed by atoms with Gasteiger partial charge in [0, 0.05) is 0 Å². The Bertz CT molecular complexity index is 135. The highest BCUT2D eigenvalue weighted by Gasteiger charge is 2.30. The first-order valence-electron chi connectivity index (χ1n) is 4.35. The zero-order valence-corrected chi connectivity index (χ0v) is 7.35. The van der Waals surface area contributed by atoms with Gasteiger partial charge in [-0.1, -0.05) is 32.9 Å². The third-order valence-electron chi connectivity index (χ3n) is 2.96. The molecule has 0 spiro atoms. The summed E-state index contributed by atoms with van der Waals surface area (Å²) < 4.78 is 0. The van der Waals surface area contributed by atoms with Crippen molar-refractivity contribution in [3.8, 4) is 0 Å². The maximum atomic E-state index is 4.14. The predicted octanol–water partition coefficient (Wildman–Crippen LogP) is 3.24. The fourth-order valence-electron chi connectivity index (χ4n) is 2.27. The summed E-state index contributed by atoms with van der Waals surface area (Å²) in [6.07, 6.45) is 2.64. The summed E-state index contributed by atoms with van der Waals surface area (Å²) in [5.41, 5.74) is 1.50. The van der Waals surface area contributed by atoms with Crippen LogP contribution in [0.3, 0.4) is 0 Å². The molecule has 0 saturated heterocycles. The van der Waals surface area contributed by atoms with Crippen LogP contribution in [-0.4, -0.2) is 0 Å². The van der Waals surface area contributed by atoms with Crippen LogP contribution < -0.4 is 0 Å². The van der Waals surface area contributed by atoms with Crippen LogP contribution in [0.25, 0.3) is 0 Å². The van der Waals surface area contributed by atoms with Gasteiger partial charge in [-0.25, -0.2) is 0 Å². The van der Waals surface area contributed by atoms with Crippen LogP contribution in [0.2, 0.25) is 0 Å². The SMILES string of the molecule is C=C1[C@H](C)C[C@H](C)[C@H]1CC. The number of hydrogen-bond donors (Lipinski definition) is 0. The van der Waals surface area contributed by atoms with E-state index in [-0.39, 0.29) is 0 Å². The molecule has 0 heteroatoms. The summed E-state index contributed by atoms with van der Waals surface area (Å²) in [4.78, 5) is 0. The predicted molar refractivity (Wildman–Crippen MR) is 45.9 cm³/mol. The molecule has 10 heavy (non-hydrogen) atoms. The van der Waals surface area contributed by atoms with E-state index in [0.717, 1.165) is 17.8 Å². The van der Waals surface area contributed by atoms with Crippen LogP contribution in [0.4, 0.5) is 0 Å². The fraction of sp³-hybridized carbons (Fsp3) is 0.800. The maximum Gasteiger partial charge on any atom is -0.0180 e. The van der Waals surface area contributed by atoms with Gasteiger partial charge < -0.3 is 0 Å². The third kappa shape index (κ3) is 1.12. The molecule has 1 fully saturated rings. The first kappa shape index (κ1) is 7.84. The molecule has 1 rings (SSSR count). The Kier molecular flexibility index (Phi) is 2.18. The molecule has 58 valence electrons. The Labute approximate surface area is 64.3 Å². The zero-order chi connectivity index (χ0) is 7.72. The fourth-order valence-corrected chi connectivity index (χ4v) is 2.27. The van der Waals surface area contributed by atoms with Crippen LogP contribution in [-0.2, 0) is 0 Å². The minimum absolute atomic E-state index is 0.778. The normalized spacial score (nSPS) is 40.7. The monoisotopic (exact) mass is 138 g/mol. The van der Waals surface area contributed by atoms with Crippen LogP contribution in [0.5, 0.6) is 0 Å². The lowest BCUT2D eigenvalue weighted by atomic mass is 9.93. The number of hydrogen-bond acceptors (Lipinski definition) is 0. The molecule has 0 radical (unpaired) electrons. The van der Waals surface area contributed by atoms with E-state index in [2.05, 4.69) is 27.4 Å². The van der Waals surface area contributed by atoms with E-state index < -0.39 is 0 Å². The van der Waals surface area contributed by atoms with Gasteiger partial charge in [-0.3, -0.25) is 0 Å². The van der Waals surface area contributed by atoms with Gasteiger partial charge in [-0.15, -0.1) is 0 Å². The van der Waals surface area contributed by atoms with Gasteiger partial charge in [0.2, 0.25) is 0 Å². The quantitative estimate of drug-likeness (QED) is 0.488. The minimum atomic E-state index is 0.778. The van der Waals surface area contributed by atoms with Crippen molar-refractivity contribution in [1.29, 1.82) is 0 Å². The van der Waals surface area contributed by atoms with Gasteiger partial charge in [0.25, 0.3) is 0 Å². The molecule has 0 bridgehead atoms. The summed E-state index contributed by atoms with van der Waals surface area (Å²) in [7, 11) is 0. The number of allylic oxidation sites excluding steroid dienone is 1. The Balaban J connectivity index is 2.64. The van der Waals surface area contributed by atoms with Gasteiger partial charge in [0.05, 0.1) is 0 Å². The highest BCUT2D eigenvalue weighted by atomic mass is 14.3. The smallest absolute Gasteiger partial charge is 0.0180 e. The summed E-state index contributed by atoms with van der Waals surface area (Å²) in [5, 5.41) is 0. The van der Waals surface area contributed by atoms with Crippen LogP contribution in [0.1, 0.15) is 33.6 Å². The largest absolute Gasteiger partial charge is 0.0993 e. The molecule has 0 aromatic heterocycles. The van der Waals surface area contributed by atoms with Crippen molar-refractivity contribution in [2.45, 2.75) is 33.6 Å². The van der Waals surface area contributed by atoms with Gasteiger partial charge in [0.15, 0.2) is 0 Å². The maximum absolute atomic E-state index is 4.14. The zero-order valence-electron chi connectivity index (χ0n) is 7.35. The van der Waals surface area contributed by atoms with Crippen molar-refractivity contribution in [3.05, 3.63) is 12.2 Å². The highest BCUT2D eigenvalue weighted by Crippen LogP contribution is 2.41. The molecule has 1 aliphatic rings. The Morgan fingerprint density at radius 1 is 1.50 bits per heavy atom. The summed E-state index contributed by atoms with van der Waals surface area (Å²) in [6, 6.07) is 0. The van der Waals surface area contributed by atoms with E-state index in [9.17, 15) is 0 Å². The molecule has 3 atom stereocenters. The second-order valence-corrected chi connectivity index (χ2v) is 3.70. The lowest BCUT2D eigenvalue weighted by Crippen LogP contribution is -2.02. The van der Waals surface area contributed by atoms with Gasteiger partial charge >= 0.3 is 0 Å². The van der Waals surface area contributed by atoms with Gasteiger partial charge in [-0.2, -0.15) is 0 Å². The standard InChI is InChI=1S/C10H18/c1-5-10-8(3)6-7(2)9(10)4/h7-8,10H,4-6H2,1-3H3/t7-,8+,10-/m1/s1. The summed E-state index contributed by atoms with van der Waals surface area (Å²) >= 11 is 0. The van der Waals surface area contributed by atoms with Crippen molar-refractivity contribution in [2.75, 3.05) is 0 Å². The average molecular weight is 138 g/mol. The van der Waals surface area contributed by atoms with E-state index >= 15 is 0 Å². The van der Waals surface area contributed by atoms with E-state index in [0.29, 0.717) is 0 Å². The highest BCUT2D eigenvalue weighted by molar-refractivity contribution is 5.11. The van der Waals surface area contributed by atoms with Crippen molar-refractivity contribution < 1.29 is 0 Å². The van der Waals surface area contributed by atoms with E-state index in [1.807, 2.05) is 0 Å². The van der Waals surface area contributed by atoms with Crippen LogP contribution in [0, 0.1) is 17.8 Å². The van der Waals surface area contributed by atoms with Crippen LogP contribution in [0.15, 0.2) is 12.2 Å². The van der Waals surface area contributed by atoms with Crippen molar-refractivity contribution >= 4 is 0 Å². The molecule has 0 aliphatic heterocycles. The van der Waals surface area contributed by atoms with Crippen molar-refractivity contribution in [3.63, 3.8) is 0 Å². The Morgan fingerprint density at radius 3 is 2.30 bits per heavy atom. The Hall–Kier alpha value is -0.260. The molecule has 0 N–H and O–H groups in total. The van der Waals surface area contributed by atoms with Crippen molar-refractivity contribution in [2.24, 2.45) is 17.8 Å². The minimum Gasteiger partial charge on any atom is -0.0993 e. The molecule has 1 aliphatic carbocycles. The topological polar surface area (TPSA) is 0 Å².